The van der Waals surface area contributed by atoms with E-state index < -0.39 is 17.6 Å². The largest absolute Gasteiger partial charge is 0.338 e. The average molecular weight is 238 g/mol. The first-order chi connectivity index (χ1) is 8.06. The minimum atomic E-state index is -0.692. The number of hydrogen-bond acceptors (Lipinski definition) is 2. The number of aromatic nitrogens is 1. The van der Waals surface area contributed by atoms with Crippen LogP contribution in [0.4, 0.5) is 24.7 Å². The maximum Gasteiger partial charge on any atom is 0.214 e. The fourth-order valence-electron chi connectivity index (χ4n) is 1.36. The van der Waals surface area contributed by atoms with Crippen LogP contribution in [0.2, 0.25) is 0 Å². The lowest BCUT2D eigenvalue weighted by molar-refractivity contribution is 0.584. The van der Waals surface area contributed by atoms with E-state index in [9.17, 15) is 13.2 Å². The number of anilines is 2. The van der Waals surface area contributed by atoms with Gasteiger partial charge >= 0.3 is 0 Å². The van der Waals surface area contributed by atoms with E-state index in [1.54, 1.807) is 0 Å². The van der Waals surface area contributed by atoms with Crippen LogP contribution in [0.5, 0.6) is 0 Å². The van der Waals surface area contributed by atoms with Crippen LogP contribution in [0.1, 0.15) is 5.56 Å². The maximum absolute atomic E-state index is 13.5. The van der Waals surface area contributed by atoms with Gasteiger partial charge in [0.15, 0.2) is 0 Å². The molecule has 1 aromatic carbocycles. The zero-order valence-corrected chi connectivity index (χ0v) is 8.97. The molecule has 1 N–H and O–H groups in total. The second-order valence-electron chi connectivity index (χ2n) is 3.55. The molecule has 0 unspecified atom stereocenters. The molecule has 2 aromatic rings. The van der Waals surface area contributed by atoms with Gasteiger partial charge in [0.1, 0.15) is 17.5 Å². The number of nitrogens with one attached hydrogen (secondary N) is 1. The van der Waals surface area contributed by atoms with Crippen LogP contribution < -0.4 is 5.32 Å². The minimum absolute atomic E-state index is 0.0776. The van der Waals surface area contributed by atoms with Crippen molar-refractivity contribution < 1.29 is 13.2 Å². The van der Waals surface area contributed by atoms with Crippen LogP contribution in [0.15, 0.2) is 30.3 Å². The zero-order chi connectivity index (χ0) is 12.4. The molecular formula is C12H9F3N2. The van der Waals surface area contributed by atoms with Gasteiger partial charge in [-0.1, -0.05) is 6.07 Å². The van der Waals surface area contributed by atoms with E-state index in [-0.39, 0.29) is 17.1 Å². The first kappa shape index (κ1) is 11.4. The van der Waals surface area contributed by atoms with Crippen molar-refractivity contribution in [3.05, 3.63) is 53.5 Å². The van der Waals surface area contributed by atoms with E-state index in [1.165, 1.54) is 19.1 Å². The Morgan fingerprint density at radius 1 is 1.06 bits per heavy atom. The van der Waals surface area contributed by atoms with Crippen molar-refractivity contribution in [2.24, 2.45) is 0 Å². The molecule has 0 bridgehead atoms. The van der Waals surface area contributed by atoms with Crippen molar-refractivity contribution in [1.29, 1.82) is 0 Å². The molecule has 0 fully saturated rings. The Balaban J connectivity index is 2.33. The summed E-state index contributed by atoms with van der Waals surface area (Å²) in [7, 11) is 0. The van der Waals surface area contributed by atoms with Crippen molar-refractivity contribution in [2.75, 3.05) is 5.32 Å². The zero-order valence-electron chi connectivity index (χ0n) is 8.97. The highest BCUT2D eigenvalue weighted by Crippen LogP contribution is 2.22. The standard InChI is InChI=1S/C12H9F3N2/c1-7-5-9(14)10(6-8(7)13)16-12-4-2-3-11(15)17-12/h2-6H,1H3,(H,16,17). The van der Waals surface area contributed by atoms with E-state index in [0.717, 1.165) is 18.2 Å². The van der Waals surface area contributed by atoms with Crippen LogP contribution in [-0.4, -0.2) is 4.98 Å². The Hall–Kier alpha value is -2.04. The normalized spacial score (nSPS) is 10.4. The first-order valence-electron chi connectivity index (χ1n) is 4.91. The van der Waals surface area contributed by atoms with Gasteiger partial charge in [0.05, 0.1) is 5.69 Å². The Morgan fingerprint density at radius 2 is 1.82 bits per heavy atom. The van der Waals surface area contributed by atoms with Gasteiger partial charge in [-0.3, -0.25) is 0 Å². The number of hydrogen-bond donors (Lipinski definition) is 1. The van der Waals surface area contributed by atoms with Crippen LogP contribution in [0.3, 0.4) is 0 Å². The summed E-state index contributed by atoms with van der Waals surface area (Å²) in [6, 6.07) is 6.12. The SMILES string of the molecule is Cc1cc(F)c(Nc2cccc(F)n2)cc1F. The van der Waals surface area contributed by atoms with Gasteiger partial charge in [-0.05, 0) is 30.7 Å². The molecule has 0 amide bonds. The van der Waals surface area contributed by atoms with Crippen molar-refractivity contribution in [3.8, 4) is 0 Å². The van der Waals surface area contributed by atoms with E-state index in [2.05, 4.69) is 10.3 Å². The summed E-state index contributed by atoms with van der Waals surface area (Å²) in [5, 5.41) is 2.51. The van der Waals surface area contributed by atoms with Crippen LogP contribution in [0.25, 0.3) is 0 Å². The molecule has 17 heavy (non-hydrogen) atoms. The van der Waals surface area contributed by atoms with Crippen molar-refractivity contribution >= 4 is 11.5 Å². The molecule has 0 saturated heterocycles. The van der Waals surface area contributed by atoms with Crippen LogP contribution in [-0.2, 0) is 0 Å². The summed E-state index contributed by atoms with van der Waals surface area (Å²) in [4.78, 5) is 3.49. The lowest BCUT2D eigenvalue weighted by atomic mass is 10.2. The Morgan fingerprint density at radius 3 is 2.53 bits per heavy atom. The molecule has 2 rings (SSSR count). The molecule has 0 atom stereocenters. The summed E-state index contributed by atoms with van der Waals surface area (Å²) in [6.45, 7) is 1.46. The van der Waals surface area contributed by atoms with Gasteiger partial charge in [0.25, 0.3) is 0 Å². The van der Waals surface area contributed by atoms with Gasteiger partial charge in [-0.15, -0.1) is 0 Å². The number of rotatable bonds is 2. The van der Waals surface area contributed by atoms with Crippen molar-refractivity contribution in [2.45, 2.75) is 6.92 Å². The predicted octanol–water partition coefficient (Wildman–Crippen LogP) is 3.55. The summed E-state index contributed by atoms with van der Waals surface area (Å²) in [5.41, 5.74) is 0.131. The second kappa shape index (κ2) is 4.45. The molecule has 5 heteroatoms. The third kappa shape index (κ3) is 2.55. The lowest BCUT2D eigenvalue weighted by Gasteiger charge is -2.08. The molecule has 0 spiro atoms. The molecule has 0 aliphatic carbocycles. The molecule has 88 valence electrons. The van der Waals surface area contributed by atoms with Crippen molar-refractivity contribution in [1.82, 2.24) is 4.98 Å². The fourth-order valence-corrected chi connectivity index (χ4v) is 1.36. The van der Waals surface area contributed by atoms with Gasteiger partial charge in [0.2, 0.25) is 5.95 Å². The molecule has 1 heterocycles. The van der Waals surface area contributed by atoms with Gasteiger partial charge < -0.3 is 5.32 Å². The lowest BCUT2D eigenvalue weighted by Crippen LogP contribution is -1.99. The third-order valence-electron chi connectivity index (χ3n) is 2.23. The van der Waals surface area contributed by atoms with Gasteiger partial charge in [-0.25, -0.2) is 13.8 Å². The molecule has 1 aromatic heterocycles. The summed E-state index contributed by atoms with van der Waals surface area (Å²) in [6.07, 6.45) is 0. The van der Waals surface area contributed by atoms with Crippen molar-refractivity contribution in [3.63, 3.8) is 0 Å². The Kier molecular flexibility index (Phi) is 2.99. The second-order valence-corrected chi connectivity index (χ2v) is 3.55. The number of pyridine rings is 1. The predicted molar refractivity (Wildman–Crippen MR) is 58.6 cm³/mol. The van der Waals surface area contributed by atoms with Gasteiger partial charge in [-0.2, -0.15) is 4.39 Å². The van der Waals surface area contributed by atoms with Gasteiger partial charge in [0, 0.05) is 6.07 Å². The molecule has 0 radical (unpaired) electrons. The van der Waals surface area contributed by atoms with E-state index in [1.807, 2.05) is 0 Å². The smallest absolute Gasteiger partial charge is 0.214 e. The highest BCUT2D eigenvalue weighted by molar-refractivity contribution is 5.57. The Bertz CT molecular complexity index is 555. The van der Waals surface area contributed by atoms with Crippen LogP contribution >= 0.6 is 0 Å². The topological polar surface area (TPSA) is 24.9 Å². The average Bonchev–Trinajstić information content (AvgIpc) is 2.26. The van der Waals surface area contributed by atoms with E-state index in [4.69, 9.17) is 0 Å². The molecule has 0 saturated carbocycles. The monoisotopic (exact) mass is 238 g/mol. The highest BCUT2D eigenvalue weighted by atomic mass is 19.1. The van der Waals surface area contributed by atoms with E-state index >= 15 is 0 Å². The molecule has 0 aliphatic rings. The first-order valence-corrected chi connectivity index (χ1v) is 4.91. The number of aryl methyl sites for hydroxylation is 1. The van der Waals surface area contributed by atoms with E-state index in [0.29, 0.717) is 0 Å². The fraction of sp³-hybridized carbons (Fsp3) is 0.0833. The summed E-state index contributed by atoms with van der Waals surface area (Å²) < 4.78 is 39.5. The molecular weight excluding hydrogens is 229 g/mol. The molecule has 0 aliphatic heterocycles. The Labute approximate surface area is 96.1 Å². The number of halogens is 3. The summed E-state index contributed by atoms with van der Waals surface area (Å²) >= 11 is 0. The third-order valence-corrected chi connectivity index (χ3v) is 2.23. The number of benzene rings is 1. The number of nitrogens with zero attached hydrogens (tertiary/aromatic N) is 1. The van der Waals surface area contributed by atoms with Crippen LogP contribution in [0, 0.1) is 24.5 Å². The maximum atomic E-state index is 13.5. The summed E-state index contributed by atoms with van der Waals surface area (Å²) in [5.74, 6) is -1.73. The highest BCUT2D eigenvalue weighted by Gasteiger charge is 2.08. The quantitative estimate of drug-likeness (QED) is 0.809. The molecule has 2 nitrogen and oxygen atoms in total. The minimum Gasteiger partial charge on any atom is -0.338 e.